The first kappa shape index (κ1) is 15.2. The standard InChI is InChI=1S/C17H19BrFN/c1-11-4-5-15(10-17(11)19)13(3)20-12(2)14-6-8-16(18)9-7-14/h4-10,12-13,20H,1-3H3. The van der Waals surface area contributed by atoms with Crippen LogP contribution in [0.25, 0.3) is 0 Å². The van der Waals surface area contributed by atoms with Crippen LogP contribution >= 0.6 is 15.9 Å². The minimum absolute atomic E-state index is 0.101. The number of nitrogens with one attached hydrogen (secondary N) is 1. The van der Waals surface area contributed by atoms with E-state index in [-0.39, 0.29) is 17.9 Å². The molecule has 0 aliphatic carbocycles. The van der Waals surface area contributed by atoms with Gasteiger partial charge in [0, 0.05) is 16.6 Å². The van der Waals surface area contributed by atoms with E-state index in [1.165, 1.54) is 5.56 Å². The molecule has 20 heavy (non-hydrogen) atoms. The molecule has 3 heteroatoms. The number of hydrogen-bond donors (Lipinski definition) is 1. The van der Waals surface area contributed by atoms with E-state index in [1.54, 1.807) is 13.0 Å². The molecule has 2 aromatic rings. The predicted octanol–water partition coefficient (Wildman–Crippen LogP) is 5.31. The maximum atomic E-state index is 13.6. The molecule has 0 aliphatic heterocycles. The molecule has 0 saturated heterocycles. The summed E-state index contributed by atoms with van der Waals surface area (Å²) in [4.78, 5) is 0. The van der Waals surface area contributed by atoms with Crippen LogP contribution in [-0.4, -0.2) is 0 Å². The van der Waals surface area contributed by atoms with Gasteiger partial charge in [0.15, 0.2) is 0 Å². The lowest BCUT2D eigenvalue weighted by atomic mass is 10.0. The fraction of sp³-hybridized carbons (Fsp3) is 0.294. The lowest BCUT2D eigenvalue weighted by molar-refractivity contribution is 0.491. The fourth-order valence-corrected chi connectivity index (χ4v) is 2.46. The van der Waals surface area contributed by atoms with Crippen molar-refractivity contribution in [2.75, 3.05) is 0 Å². The molecule has 0 amide bonds. The zero-order chi connectivity index (χ0) is 14.7. The van der Waals surface area contributed by atoms with Crippen LogP contribution in [0, 0.1) is 12.7 Å². The summed E-state index contributed by atoms with van der Waals surface area (Å²) in [6.45, 7) is 5.95. The van der Waals surface area contributed by atoms with Crippen molar-refractivity contribution >= 4 is 15.9 Å². The molecule has 0 aliphatic rings. The first-order valence-corrected chi connectivity index (χ1v) is 7.54. The molecular formula is C17H19BrFN. The Bertz CT molecular complexity index is 580. The third-order valence-electron chi connectivity index (χ3n) is 3.57. The highest BCUT2D eigenvalue weighted by molar-refractivity contribution is 9.10. The molecule has 2 rings (SSSR count). The predicted molar refractivity (Wildman–Crippen MR) is 85.2 cm³/mol. The Kier molecular flexibility index (Phi) is 4.95. The number of benzene rings is 2. The molecule has 2 unspecified atom stereocenters. The zero-order valence-electron chi connectivity index (χ0n) is 12.0. The van der Waals surface area contributed by atoms with Crippen molar-refractivity contribution in [3.05, 3.63) is 69.4 Å². The van der Waals surface area contributed by atoms with E-state index in [4.69, 9.17) is 0 Å². The Morgan fingerprint density at radius 1 is 0.950 bits per heavy atom. The third kappa shape index (κ3) is 3.68. The topological polar surface area (TPSA) is 12.0 Å². The van der Waals surface area contributed by atoms with Gasteiger partial charge >= 0.3 is 0 Å². The monoisotopic (exact) mass is 335 g/mol. The third-order valence-corrected chi connectivity index (χ3v) is 4.09. The van der Waals surface area contributed by atoms with Gasteiger partial charge in [-0.25, -0.2) is 4.39 Å². The molecule has 0 aromatic heterocycles. The minimum atomic E-state index is -0.146. The Hall–Kier alpha value is -1.19. The molecule has 2 atom stereocenters. The molecule has 0 radical (unpaired) electrons. The van der Waals surface area contributed by atoms with Crippen LogP contribution in [0.15, 0.2) is 46.9 Å². The minimum Gasteiger partial charge on any atom is -0.304 e. The van der Waals surface area contributed by atoms with Crippen molar-refractivity contribution in [2.45, 2.75) is 32.9 Å². The van der Waals surface area contributed by atoms with Gasteiger partial charge in [0.1, 0.15) is 5.82 Å². The van der Waals surface area contributed by atoms with E-state index in [0.717, 1.165) is 10.0 Å². The summed E-state index contributed by atoms with van der Waals surface area (Å²) in [5.74, 6) is -0.146. The Labute approximate surface area is 128 Å². The van der Waals surface area contributed by atoms with E-state index >= 15 is 0 Å². The van der Waals surface area contributed by atoms with Crippen LogP contribution in [0.1, 0.15) is 42.6 Å². The summed E-state index contributed by atoms with van der Waals surface area (Å²) >= 11 is 3.43. The molecule has 0 heterocycles. The number of aryl methyl sites for hydroxylation is 1. The lowest BCUT2D eigenvalue weighted by Crippen LogP contribution is -2.22. The molecule has 2 aromatic carbocycles. The van der Waals surface area contributed by atoms with Crippen LogP contribution in [-0.2, 0) is 0 Å². The molecule has 0 spiro atoms. The van der Waals surface area contributed by atoms with Crippen LogP contribution in [0.3, 0.4) is 0 Å². The highest BCUT2D eigenvalue weighted by Gasteiger charge is 2.12. The lowest BCUT2D eigenvalue weighted by Gasteiger charge is -2.21. The second kappa shape index (κ2) is 6.51. The highest BCUT2D eigenvalue weighted by Crippen LogP contribution is 2.22. The van der Waals surface area contributed by atoms with Gasteiger partial charge in [0.25, 0.3) is 0 Å². The second-order valence-corrected chi connectivity index (χ2v) is 6.09. The highest BCUT2D eigenvalue weighted by atomic mass is 79.9. The Morgan fingerprint density at radius 2 is 1.50 bits per heavy atom. The van der Waals surface area contributed by atoms with Crippen molar-refractivity contribution < 1.29 is 4.39 Å². The number of hydrogen-bond acceptors (Lipinski definition) is 1. The van der Waals surface area contributed by atoms with Gasteiger partial charge in [-0.2, -0.15) is 0 Å². The van der Waals surface area contributed by atoms with Gasteiger partial charge in [-0.3, -0.25) is 0 Å². The van der Waals surface area contributed by atoms with E-state index < -0.39 is 0 Å². The first-order chi connectivity index (χ1) is 9.47. The number of halogens is 2. The summed E-state index contributed by atoms with van der Waals surface area (Å²) in [6.07, 6.45) is 0. The smallest absolute Gasteiger partial charge is 0.126 e. The average molecular weight is 336 g/mol. The van der Waals surface area contributed by atoms with E-state index in [2.05, 4.69) is 47.2 Å². The summed E-state index contributed by atoms with van der Waals surface area (Å²) in [5, 5.41) is 3.50. The Balaban J connectivity index is 2.08. The molecule has 106 valence electrons. The zero-order valence-corrected chi connectivity index (χ0v) is 13.5. The maximum absolute atomic E-state index is 13.6. The maximum Gasteiger partial charge on any atom is 0.126 e. The fourth-order valence-electron chi connectivity index (χ4n) is 2.20. The van der Waals surface area contributed by atoms with Crippen LogP contribution in [0.2, 0.25) is 0 Å². The second-order valence-electron chi connectivity index (χ2n) is 5.17. The SMILES string of the molecule is Cc1ccc(C(C)NC(C)c2ccc(Br)cc2)cc1F. The van der Waals surface area contributed by atoms with Crippen molar-refractivity contribution in [1.29, 1.82) is 0 Å². The van der Waals surface area contributed by atoms with Crippen molar-refractivity contribution in [3.63, 3.8) is 0 Å². The summed E-state index contributed by atoms with van der Waals surface area (Å²) < 4.78 is 14.7. The van der Waals surface area contributed by atoms with Gasteiger partial charge in [-0.05, 0) is 55.7 Å². The first-order valence-electron chi connectivity index (χ1n) is 6.75. The van der Waals surface area contributed by atoms with Crippen LogP contribution in [0.4, 0.5) is 4.39 Å². The van der Waals surface area contributed by atoms with Gasteiger partial charge in [-0.1, -0.05) is 40.2 Å². The number of rotatable bonds is 4. The Morgan fingerprint density at radius 3 is 2.10 bits per heavy atom. The molecule has 0 fully saturated rings. The van der Waals surface area contributed by atoms with E-state index in [0.29, 0.717) is 5.56 Å². The van der Waals surface area contributed by atoms with E-state index in [9.17, 15) is 4.39 Å². The molecule has 0 bridgehead atoms. The van der Waals surface area contributed by atoms with Crippen LogP contribution in [0.5, 0.6) is 0 Å². The molecular weight excluding hydrogens is 317 g/mol. The molecule has 1 N–H and O–H groups in total. The largest absolute Gasteiger partial charge is 0.304 e. The van der Waals surface area contributed by atoms with Crippen LogP contribution < -0.4 is 5.32 Å². The summed E-state index contributed by atoms with van der Waals surface area (Å²) in [7, 11) is 0. The van der Waals surface area contributed by atoms with Crippen molar-refractivity contribution in [1.82, 2.24) is 5.32 Å². The van der Waals surface area contributed by atoms with Gasteiger partial charge in [-0.15, -0.1) is 0 Å². The van der Waals surface area contributed by atoms with E-state index in [1.807, 2.05) is 24.3 Å². The summed E-state index contributed by atoms with van der Waals surface area (Å²) in [5.41, 5.74) is 2.87. The normalized spacial score (nSPS) is 14.1. The summed E-state index contributed by atoms with van der Waals surface area (Å²) in [6, 6.07) is 14.0. The quantitative estimate of drug-likeness (QED) is 0.798. The van der Waals surface area contributed by atoms with Crippen molar-refractivity contribution in [2.24, 2.45) is 0 Å². The molecule has 0 saturated carbocycles. The average Bonchev–Trinajstić information content (AvgIpc) is 2.42. The molecule has 1 nitrogen and oxygen atoms in total. The van der Waals surface area contributed by atoms with Gasteiger partial charge in [0.05, 0.1) is 0 Å². The van der Waals surface area contributed by atoms with Gasteiger partial charge < -0.3 is 5.32 Å². The van der Waals surface area contributed by atoms with Crippen molar-refractivity contribution in [3.8, 4) is 0 Å². The van der Waals surface area contributed by atoms with Gasteiger partial charge in [0.2, 0.25) is 0 Å².